The second-order valence-corrected chi connectivity index (χ2v) is 6.45. The third-order valence-corrected chi connectivity index (χ3v) is 4.01. The molecule has 11 nitrogen and oxygen atoms in total. The topological polar surface area (TPSA) is 147 Å². The number of aromatic nitrogens is 4. The van der Waals surface area contributed by atoms with Crippen LogP contribution in [0.3, 0.4) is 0 Å². The monoisotopic (exact) mass is 358 g/mol. The predicted octanol–water partition coefficient (Wildman–Crippen LogP) is 0.294. The lowest BCUT2D eigenvalue weighted by molar-refractivity contribution is 0.139. The first-order chi connectivity index (χ1) is 11.5. The highest BCUT2D eigenvalue weighted by Crippen LogP contribution is 2.41. The Bertz CT molecular complexity index is 751. The molecule has 3 N–H and O–H groups in total. The van der Waals surface area contributed by atoms with Crippen molar-refractivity contribution in [3.05, 3.63) is 6.33 Å². The minimum atomic E-state index is -3.80. The van der Waals surface area contributed by atoms with E-state index in [2.05, 4.69) is 26.7 Å². The maximum Gasteiger partial charge on any atom is 0.353 e. The van der Waals surface area contributed by atoms with E-state index in [0.717, 1.165) is 0 Å². The molecule has 2 aromatic heterocycles. The molecule has 0 saturated heterocycles. The number of rotatable bonds is 10. The molecule has 12 heteroatoms. The number of imidazole rings is 1. The van der Waals surface area contributed by atoms with Gasteiger partial charge in [-0.05, 0) is 6.72 Å². The van der Waals surface area contributed by atoms with E-state index in [0.29, 0.717) is 17.7 Å². The van der Waals surface area contributed by atoms with E-state index in [9.17, 15) is 9.46 Å². The van der Waals surface area contributed by atoms with E-state index >= 15 is 0 Å². The van der Waals surface area contributed by atoms with Crippen molar-refractivity contribution < 1.29 is 23.5 Å². The molecule has 24 heavy (non-hydrogen) atoms. The second kappa shape index (κ2) is 8.15. The molecule has 0 saturated carbocycles. The molecular formula is C12H19N6O5P. The molecule has 0 aliphatic heterocycles. The largest absolute Gasteiger partial charge is 0.479 e. The highest BCUT2D eigenvalue weighted by Gasteiger charge is 2.19. The average molecular weight is 358 g/mol. The predicted molar refractivity (Wildman–Crippen MR) is 87.3 cm³/mol. The van der Waals surface area contributed by atoms with E-state index in [1.807, 2.05) is 0 Å². The van der Waals surface area contributed by atoms with Crippen LogP contribution in [0.2, 0.25) is 0 Å². The number of hydrogen-bond acceptors (Lipinski definition) is 9. The van der Waals surface area contributed by atoms with Crippen LogP contribution in [0.5, 0.6) is 5.88 Å². The van der Waals surface area contributed by atoms with Crippen LogP contribution in [0.1, 0.15) is 0 Å². The van der Waals surface area contributed by atoms with Gasteiger partial charge in [-0.1, -0.05) is 0 Å². The van der Waals surface area contributed by atoms with E-state index in [-0.39, 0.29) is 31.6 Å². The van der Waals surface area contributed by atoms with Crippen LogP contribution < -0.4 is 10.5 Å². The van der Waals surface area contributed by atoms with E-state index in [1.54, 1.807) is 4.57 Å². The number of nitrogens with zero attached hydrogens (tertiary/aromatic N) is 5. The summed E-state index contributed by atoms with van der Waals surface area (Å²) in [4.78, 5) is 25.3. The summed E-state index contributed by atoms with van der Waals surface area (Å²) in [6, 6.07) is 0. The summed E-state index contributed by atoms with van der Waals surface area (Å²) in [5, 5.41) is 0. The van der Waals surface area contributed by atoms with Gasteiger partial charge >= 0.3 is 7.60 Å². The zero-order valence-electron chi connectivity index (χ0n) is 13.2. The molecule has 2 heterocycles. The number of nitrogen functional groups attached to an aromatic ring is 1. The van der Waals surface area contributed by atoms with Crippen LogP contribution in [-0.4, -0.2) is 64.3 Å². The third kappa shape index (κ3) is 4.71. The van der Waals surface area contributed by atoms with E-state index in [4.69, 9.17) is 19.7 Å². The fourth-order valence-corrected chi connectivity index (χ4v) is 2.67. The first-order valence-electron chi connectivity index (χ1n) is 6.96. The normalized spacial score (nSPS) is 13.8. The molecule has 2 aromatic rings. The molecule has 1 atom stereocenters. The number of fused-ring (bicyclic) bond motifs is 1. The number of hydrogen-bond donors (Lipinski definition) is 2. The van der Waals surface area contributed by atoms with Gasteiger partial charge in [0.15, 0.2) is 11.2 Å². The lowest BCUT2D eigenvalue weighted by Crippen LogP contribution is -2.09. The minimum Gasteiger partial charge on any atom is -0.479 e. The number of methoxy groups -OCH3 is 1. The third-order valence-electron chi connectivity index (χ3n) is 2.92. The van der Waals surface area contributed by atoms with Gasteiger partial charge in [0.2, 0.25) is 11.8 Å². The summed E-state index contributed by atoms with van der Waals surface area (Å²) in [6.45, 7) is 4.03. The van der Waals surface area contributed by atoms with Gasteiger partial charge in [-0.25, -0.2) is 4.98 Å². The van der Waals surface area contributed by atoms with Crippen molar-refractivity contribution in [2.45, 2.75) is 6.54 Å². The summed E-state index contributed by atoms with van der Waals surface area (Å²) in [7, 11) is -2.34. The van der Waals surface area contributed by atoms with Crippen molar-refractivity contribution in [1.29, 1.82) is 0 Å². The van der Waals surface area contributed by atoms with Gasteiger partial charge < -0.3 is 29.2 Å². The van der Waals surface area contributed by atoms with Crippen LogP contribution in [-0.2, 0) is 20.4 Å². The molecule has 1 unspecified atom stereocenters. The summed E-state index contributed by atoms with van der Waals surface area (Å²) >= 11 is 0. The molecule has 2 rings (SSSR count). The molecule has 0 spiro atoms. The molecule has 0 radical (unpaired) electrons. The standard InChI is InChI=1S/C12H19N6O5P/c1-14-3-5-23-24(19,20)8-22-6-4-18-7-15-9-10(18)16-12(13)17-11(9)21-2/h7H,1,3-6,8H2,2H3,(H,19,20)(H2,13,16,17). The minimum absolute atomic E-state index is 0.0167. The first kappa shape index (κ1) is 18.3. The Morgan fingerprint density at radius 3 is 2.96 bits per heavy atom. The SMILES string of the molecule is C=NCCOP(=O)(O)COCCn1cnc2c(OC)nc(N)nc21. The molecule has 0 amide bonds. The van der Waals surface area contributed by atoms with E-state index in [1.165, 1.54) is 13.4 Å². The second-order valence-electron chi connectivity index (χ2n) is 4.66. The molecule has 0 aliphatic carbocycles. The number of ether oxygens (including phenoxy) is 2. The van der Waals surface area contributed by atoms with Gasteiger partial charge in [0.1, 0.15) is 6.35 Å². The Balaban J connectivity index is 1.91. The lowest BCUT2D eigenvalue weighted by Gasteiger charge is -2.12. The highest BCUT2D eigenvalue weighted by atomic mass is 31.2. The maximum atomic E-state index is 11.7. The van der Waals surface area contributed by atoms with Crippen molar-refractivity contribution in [2.75, 3.05) is 38.9 Å². The molecule has 0 fully saturated rings. The van der Waals surface area contributed by atoms with Crippen molar-refractivity contribution in [3.8, 4) is 5.88 Å². The van der Waals surface area contributed by atoms with Crippen LogP contribution in [0.25, 0.3) is 11.2 Å². The van der Waals surface area contributed by atoms with Gasteiger partial charge in [-0.15, -0.1) is 0 Å². The van der Waals surface area contributed by atoms with Crippen LogP contribution in [0.15, 0.2) is 11.3 Å². The quantitative estimate of drug-likeness (QED) is 0.347. The van der Waals surface area contributed by atoms with Crippen LogP contribution >= 0.6 is 7.60 Å². The van der Waals surface area contributed by atoms with Gasteiger partial charge in [0, 0.05) is 6.54 Å². The zero-order chi connectivity index (χ0) is 17.6. The molecule has 132 valence electrons. The molecule has 0 bridgehead atoms. The summed E-state index contributed by atoms with van der Waals surface area (Å²) in [5.41, 5.74) is 6.59. The summed E-state index contributed by atoms with van der Waals surface area (Å²) < 4.78 is 28.4. The summed E-state index contributed by atoms with van der Waals surface area (Å²) in [5.74, 6) is 0.340. The van der Waals surface area contributed by atoms with Crippen molar-refractivity contribution >= 4 is 31.4 Å². The van der Waals surface area contributed by atoms with Gasteiger partial charge in [0.05, 0.1) is 33.2 Å². The fraction of sp³-hybridized carbons (Fsp3) is 0.500. The Morgan fingerprint density at radius 2 is 2.25 bits per heavy atom. The fourth-order valence-electron chi connectivity index (χ4n) is 1.87. The lowest BCUT2D eigenvalue weighted by atomic mass is 10.5. The Hall–Kier alpha value is -2.07. The van der Waals surface area contributed by atoms with Gasteiger partial charge in [-0.3, -0.25) is 9.56 Å². The van der Waals surface area contributed by atoms with Crippen molar-refractivity contribution in [2.24, 2.45) is 4.99 Å². The van der Waals surface area contributed by atoms with Gasteiger partial charge in [-0.2, -0.15) is 9.97 Å². The summed E-state index contributed by atoms with van der Waals surface area (Å²) in [6.07, 6.45) is 1.12. The van der Waals surface area contributed by atoms with Crippen molar-refractivity contribution in [1.82, 2.24) is 19.5 Å². The zero-order valence-corrected chi connectivity index (χ0v) is 14.1. The van der Waals surface area contributed by atoms with Crippen LogP contribution in [0.4, 0.5) is 5.95 Å². The molecule has 0 aliphatic rings. The first-order valence-corrected chi connectivity index (χ1v) is 8.72. The molecule has 0 aromatic carbocycles. The van der Waals surface area contributed by atoms with E-state index < -0.39 is 13.9 Å². The number of nitrogens with two attached hydrogens (primary N) is 1. The number of aliphatic imine (C=N–C) groups is 1. The van der Waals surface area contributed by atoms with Crippen molar-refractivity contribution in [3.63, 3.8) is 0 Å². The van der Waals surface area contributed by atoms with Crippen LogP contribution in [0, 0.1) is 0 Å². The smallest absolute Gasteiger partial charge is 0.353 e. The average Bonchev–Trinajstić information content (AvgIpc) is 2.94. The Labute approximate surface area is 138 Å². The molecular weight excluding hydrogens is 339 g/mol. The van der Waals surface area contributed by atoms with Gasteiger partial charge in [0.25, 0.3) is 0 Å². The number of anilines is 1. The Kier molecular flexibility index (Phi) is 6.21. The maximum absolute atomic E-state index is 11.7. The Morgan fingerprint density at radius 1 is 1.46 bits per heavy atom. The highest BCUT2D eigenvalue weighted by molar-refractivity contribution is 7.52.